The van der Waals surface area contributed by atoms with Crippen molar-refractivity contribution in [2.75, 3.05) is 6.61 Å². The minimum atomic E-state index is -0.583. The molecule has 1 aromatic rings. The molecule has 0 unspecified atom stereocenters. The Bertz CT molecular complexity index is 464. The lowest BCUT2D eigenvalue weighted by molar-refractivity contribution is -0.118. The van der Waals surface area contributed by atoms with Crippen LogP contribution in [-0.2, 0) is 9.53 Å². The Balaban J connectivity index is 2.07. The first-order chi connectivity index (χ1) is 8.70. The normalized spacial score (nSPS) is 22.8. The maximum Gasteiger partial charge on any atom is 0.338 e. The molecule has 1 aliphatic carbocycles. The van der Waals surface area contributed by atoms with Crippen LogP contribution in [0.1, 0.15) is 16.8 Å². The highest BCUT2D eigenvalue weighted by molar-refractivity contribution is 5.92. The maximum absolute atomic E-state index is 11.8. The number of carbonyl (C=O) groups is 2. The van der Waals surface area contributed by atoms with Gasteiger partial charge in [0.2, 0.25) is 0 Å². The number of aliphatic hydroxyl groups is 1. The third-order valence-corrected chi connectivity index (χ3v) is 2.89. The third kappa shape index (κ3) is 2.84. The van der Waals surface area contributed by atoms with Crippen molar-refractivity contribution in [1.29, 1.82) is 0 Å². The molecule has 0 amide bonds. The van der Waals surface area contributed by atoms with Crippen LogP contribution in [0.5, 0.6) is 0 Å². The fraction of sp³-hybridized carbons (Fsp3) is 0.286. The molecule has 4 heteroatoms. The largest absolute Gasteiger partial charge is 0.458 e. The fourth-order valence-corrected chi connectivity index (χ4v) is 1.86. The lowest BCUT2D eigenvalue weighted by Crippen LogP contribution is -2.33. The van der Waals surface area contributed by atoms with Gasteiger partial charge in [0.05, 0.1) is 12.2 Å². The molecule has 94 valence electrons. The number of aliphatic hydroxyl groups excluding tert-OH is 1. The number of ether oxygens (including phenoxy) is 1. The lowest BCUT2D eigenvalue weighted by atomic mass is 9.92. The molecular formula is C14H14O4. The monoisotopic (exact) mass is 246 g/mol. The van der Waals surface area contributed by atoms with E-state index in [-0.39, 0.29) is 24.7 Å². The Morgan fingerprint density at radius 1 is 1.33 bits per heavy atom. The zero-order valence-electron chi connectivity index (χ0n) is 9.78. The molecule has 0 aliphatic heterocycles. The predicted octanol–water partition coefficient (Wildman–Crippen LogP) is 1.35. The van der Waals surface area contributed by atoms with E-state index in [0.717, 1.165) is 0 Å². The Kier molecular flexibility index (Phi) is 3.89. The molecule has 0 heterocycles. The third-order valence-electron chi connectivity index (χ3n) is 2.89. The molecule has 0 saturated heterocycles. The van der Waals surface area contributed by atoms with E-state index in [1.165, 1.54) is 6.08 Å². The van der Waals surface area contributed by atoms with Crippen LogP contribution in [-0.4, -0.2) is 29.6 Å². The highest BCUT2D eigenvalue weighted by Crippen LogP contribution is 2.20. The minimum absolute atomic E-state index is 0.0921. The van der Waals surface area contributed by atoms with Gasteiger partial charge in [-0.15, -0.1) is 0 Å². The zero-order chi connectivity index (χ0) is 13.0. The van der Waals surface area contributed by atoms with Gasteiger partial charge in [-0.3, -0.25) is 4.79 Å². The highest BCUT2D eigenvalue weighted by Gasteiger charge is 2.28. The van der Waals surface area contributed by atoms with E-state index >= 15 is 0 Å². The van der Waals surface area contributed by atoms with E-state index in [9.17, 15) is 14.7 Å². The second-order valence-electron chi connectivity index (χ2n) is 4.19. The SMILES string of the molecule is O=C1C=C[C@@H](CO)[C@H](OC(=O)c2ccccc2)C1. The van der Waals surface area contributed by atoms with E-state index in [1.54, 1.807) is 36.4 Å². The molecule has 1 aliphatic rings. The van der Waals surface area contributed by atoms with E-state index < -0.39 is 12.1 Å². The summed E-state index contributed by atoms with van der Waals surface area (Å²) in [5.74, 6) is -0.872. The number of hydrogen-bond donors (Lipinski definition) is 1. The number of allylic oxidation sites excluding steroid dienone is 1. The van der Waals surface area contributed by atoms with Gasteiger partial charge in [0.1, 0.15) is 6.10 Å². The quantitative estimate of drug-likeness (QED) is 0.818. The van der Waals surface area contributed by atoms with Crippen LogP contribution in [0.15, 0.2) is 42.5 Å². The van der Waals surface area contributed by atoms with Crippen molar-refractivity contribution in [2.45, 2.75) is 12.5 Å². The smallest absolute Gasteiger partial charge is 0.338 e. The van der Waals surface area contributed by atoms with Crippen LogP contribution < -0.4 is 0 Å². The first-order valence-electron chi connectivity index (χ1n) is 5.78. The average molecular weight is 246 g/mol. The molecular weight excluding hydrogens is 232 g/mol. The Morgan fingerprint density at radius 3 is 2.72 bits per heavy atom. The van der Waals surface area contributed by atoms with Crippen molar-refractivity contribution in [3.63, 3.8) is 0 Å². The van der Waals surface area contributed by atoms with E-state index in [1.807, 2.05) is 0 Å². The van der Waals surface area contributed by atoms with Crippen molar-refractivity contribution in [2.24, 2.45) is 5.92 Å². The van der Waals surface area contributed by atoms with Gasteiger partial charge < -0.3 is 9.84 Å². The zero-order valence-corrected chi connectivity index (χ0v) is 9.78. The topological polar surface area (TPSA) is 63.6 Å². The number of esters is 1. The minimum Gasteiger partial charge on any atom is -0.458 e. The van der Waals surface area contributed by atoms with Crippen molar-refractivity contribution in [3.05, 3.63) is 48.0 Å². The van der Waals surface area contributed by atoms with Crippen molar-refractivity contribution >= 4 is 11.8 Å². The van der Waals surface area contributed by atoms with Gasteiger partial charge in [-0.25, -0.2) is 4.79 Å². The number of ketones is 1. The van der Waals surface area contributed by atoms with Crippen molar-refractivity contribution in [3.8, 4) is 0 Å². The van der Waals surface area contributed by atoms with E-state index in [2.05, 4.69) is 0 Å². The number of hydrogen-bond acceptors (Lipinski definition) is 4. The molecule has 1 N–H and O–H groups in total. The van der Waals surface area contributed by atoms with Crippen LogP contribution in [0.25, 0.3) is 0 Å². The number of rotatable bonds is 3. The fourth-order valence-electron chi connectivity index (χ4n) is 1.86. The second kappa shape index (κ2) is 5.60. The molecule has 2 rings (SSSR count). The van der Waals surface area contributed by atoms with Crippen LogP contribution >= 0.6 is 0 Å². The molecule has 0 spiro atoms. The summed E-state index contributed by atoms with van der Waals surface area (Å²) in [5.41, 5.74) is 0.441. The van der Waals surface area contributed by atoms with Gasteiger partial charge in [0, 0.05) is 12.3 Å². The molecule has 1 aromatic carbocycles. The van der Waals surface area contributed by atoms with Crippen LogP contribution in [0.2, 0.25) is 0 Å². The lowest BCUT2D eigenvalue weighted by Gasteiger charge is -2.25. The van der Waals surface area contributed by atoms with E-state index in [4.69, 9.17) is 4.74 Å². The first-order valence-corrected chi connectivity index (χ1v) is 5.78. The summed E-state index contributed by atoms with van der Waals surface area (Å²) in [7, 11) is 0. The van der Waals surface area contributed by atoms with Gasteiger partial charge in [-0.05, 0) is 18.2 Å². The van der Waals surface area contributed by atoms with Gasteiger partial charge >= 0.3 is 5.97 Å². The summed E-state index contributed by atoms with van der Waals surface area (Å²) in [6.45, 7) is -0.142. The van der Waals surface area contributed by atoms with Gasteiger partial charge in [0.15, 0.2) is 5.78 Å². The molecule has 0 saturated carbocycles. The predicted molar refractivity (Wildman–Crippen MR) is 65.0 cm³/mol. The van der Waals surface area contributed by atoms with Crippen LogP contribution in [0.3, 0.4) is 0 Å². The molecule has 0 radical (unpaired) electrons. The molecule has 4 nitrogen and oxygen atoms in total. The molecule has 0 fully saturated rings. The molecule has 0 bridgehead atoms. The Hall–Kier alpha value is -1.94. The molecule has 2 atom stereocenters. The summed E-state index contributed by atoms with van der Waals surface area (Å²) in [5, 5.41) is 9.18. The van der Waals surface area contributed by atoms with Crippen molar-refractivity contribution in [1.82, 2.24) is 0 Å². The molecule has 0 aromatic heterocycles. The summed E-state index contributed by atoms with van der Waals surface area (Å²) < 4.78 is 5.28. The second-order valence-corrected chi connectivity index (χ2v) is 4.19. The standard InChI is InChI=1S/C14H14O4/c15-9-11-6-7-12(16)8-13(11)18-14(17)10-4-2-1-3-5-10/h1-7,11,13,15H,8-9H2/t11-,13+/m0/s1. The van der Waals surface area contributed by atoms with Crippen molar-refractivity contribution < 1.29 is 19.4 Å². The number of benzene rings is 1. The summed E-state index contributed by atoms with van der Waals surface area (Å²) in [4.78, 5) is 23.1. The van der Waals surface area contributed by atoms with Gasteiger partial charge in [-0.2, -0.15) is 0 Å². The summed E-state index contributed by atoms with van der Waals surface area (Å²) >= 11 is 0. The first kappa shape index (κ1) is 12.5. The molecule has 18 heavy (non-hydrogen) atoms. The summed E-state index contributed by atoms with van der Waals surface area (Å²) in [6.07, 6.45) is 2.56. The van der Waals surface area contributed by atoms with Gasteiger partial charge in [0.25, 0.3) is 0 Å². The number of carbonyl (C=O) groups excluding carboxylic acids is 2. The van der Waals surface area contributed by atoms with Crippen LogP contribution in [0, 0.1) is 5.92 Å². The highest BCUT2D eigenvalue weighted by atomic mass is 16.5. The summed E-state index contributed by atoms with van der Waals surface area (Å²) in [6, 6.07) is 8.59. The van der Waals surface area contributed by atoms with Gasteiger partial charge in [-0.1, -0.05) is 24.3 Å². The van der Waals surface area contributed by atoms with E-state index in [0.29, 0.717) is 5.56 Å². The average Bonchev–Trinajstić information content (AvgIpc) is 2.40. The Labute approximate surface area is 105 Å². The maximum atomic E-state index is 11.8. The van der Waals surface area contributed by atoms with Crippen LogP contribution in [0.4, 0.5) is 0 Å². The Morgan fingerprint density at radius 2 is 2.06 bits per heavy atom.